The van der Waals surface area contributed by atoms with Gasteiger partial charge in [-0.2, -0.15) is 0 Å². The molecule has 2 N–H and O–H groups in total. The normalized spacial score (nSPS) is 15.7. The maximum atomic E-state index is 11.5. The van der Waals surface area contributed by atoms with Crippen LogP contribution in [0.25, 0.3) is 33.3 Å². The van der Waals surface area contributed by atoms with Gasteiger partial charge in [-0.05, 0) is 116 Å². The third kappa shape index (κ3) is 8.26. The minimum Gasteiger partial charge on any atom is -0.408 e. The summed E-state index contributed by atoms with van der Waals surface area (Å²) in [6.45, 7) is 11.5. The van der Waals surface area contributed by atoms with E-state index < -0.39 is 19.3 Å². The van der Waals surface area contributed by atoms with Crippen LogP contribution in [0.2, 0.25) is 0 Å². The van der Waals surface area contributed by atoms with Crippen molar-refractivity contribution in [3.63, 3.8) is 0 Å². The number of fused-ring (bicyclic) bond motifs is 2. The molecule has 2 aromatic carbocycles. The Hall–Kier alpha value is -4.34. The Kier molecular flexibility index (Phi) is 12.0. The zero-order valence-electron chi connectivity index (χ0n) is 29.2. The number of hydrogen-bond donors (Lipinski definition) is 2. The number of halogens is 1. The largest absolute Gasteiger partial charge is 0.494 e. The number of oxazole rings is 2. The van der Waals surface area contributed by atoms with E-state index in [-0.39, 0.29) is 30.1 Å². The average molecular weight is 763 g/mol. The van der Waals surface area contributed by atoms with Crippen molar-refractivity contribution in [2.45, 2.75) is 72.4 Å². The topological polar surface area (TPSA) is 155 Å². The van der Waals surface area contributed by atoms with Crippen LogP contribution in [-0.2, 0) is 23.4 Å². The van der Waals surface area contributed by atoms with Crippen LogP contribution in [0, 0.1) is 0 Å². The summed E-state index contributed by atoms with van der Waals surface area (Å²) >= 11 is 3.27. The average Bonchev–Trinajstić information content (AvgIpc) is 3.61. The van der Waals surface area contributed by atoms with Gasteiger partial charge in [-0.3, -0.25) is 19.1 Å². The molecule has 270 valence electrons. The van der Waals surface area contributed by atoms with E-state index in [1.54, 1.807) is 77.0 Å². The fourth-order valence-electron chi connectivity index (χ4n) is 5.30. The zero-order chi connectivity index (χ0) is 36.5. The maximum Gasteiger partial charge on any atom is 0.494 e. The lowest BCUT2D eigenvalue weighted by Gasteiger charge is -2.32. The van der Waals surface area contributed by atoms with Gasteiger partial charge in [0.1, 0.15) is 0 Å². The molecule has 0 bridgehead atoms. The summed E-state index contributed by atoms with van der Waals surface area (Å²) < 4.78 is 26.0. The molecule has 1 aliphatic rings. The number of aryl methyl sites for hydroxylation is 2. The number of benzene rings is 2. The minimum absolute atomic E-state index is 0. The van der Waals surface area contributed by atoms with E-state index in [4.69, 9.17) is 23.2 Å². The van der Waals surface area contributed by atoms with Crippen LogP contribution >= 0.6 is 15.9 Å². The van der Waals surface area contributed by atoms with Crippen molar-refractivity contribution in [2.24, 2.45) is 14.1 Å². The molecule has 0 saturated carbocycles. The Labute approximate surface area is 305 Å². The third-order valence-corrected chi connectivity index (χ3v) is 9.66. The molecule has 2 atom stereocenters. The molecule has 0 aliphatic carbocycles. The SMILES string of the molecule is C.CC(O)c1ccncc1-c1ccc2oc(=O)n(C)c2c1.CC(O)c1ccncc1Br.Cn1c(=O)oc2ccc(B3OC(C)(C)C(C)(C)O3)cc21. The van der Waals surface area contributed by atoms with E-state index >= 15 is 0 Å². The first kappa shape index (κ1) is 39.5. The van der Waals surface area contributed by atoms with Crippen LogP contribution in [0.3, 0.4) is 0 Å². The van der Waals surface area contributed by atoms with Crippen molar-refractivity contribution < 1.29 is 28.4 Å². The Morgan fingerprint density at radius 3 is 1.75 bits per heavy atom. The van der Waals surface area contributed by atoms with Gasteiger partial charge in [0.15, 0.2) is 11.2 Å². The summed E-state index contributed by atoms with van der Waals surface area (Å²) in [5.41, 5.74) is 6.09. The molecule has 4 aromatic heterocycles. The fraction of sp³-hybridized carbons (Fsp3) is 0.351. The van der Waals surface area contributed by atoms with Gasteiger partial charge in [0.05, 0.1) is 34.4 Å². The standard InChI is InChI=1S/C15H14N2O3.C14H18BNO4.C7H8BrNO.CH4/c1-9(18)11-5-6-16-8-12(11)10-3-4-14-13(7-10)17(2)15(19)20-14;1-13(2)14(3,4)20-15(19-13)9-6-7-11-10(8-9)16(5)12(17)18-11;1-5(10)6-2-3-9-4-7(6)8;/h3-9,18H,1-2H3;6-8H,1-5H3;2-5,10H,1H3;1H4. The molecule has 0 amide bonds. The van der Waals surface area contributed by atoms with Crippen LogP contribution in [-0.4, -0.2) is 47.6 Å². The van der Waals surface area contributed by atoms with Crippen LogP contribution < -0.4 is 17.0 Å². The van der Waals surface area contributed by atoms with Gasteiger partial charge >= 0.3 is 18.6 Å². The summed E-state index contributed by atoms with van der Waals surface area (Å²) in [5, 5.41) is 19.0. The van der Waals surface area contributed by atoms with E-state index in [1.807, 2.05) is 52.0 Å². The first-order chi connectivity index (χ1) is 23.5. The van der Waals surface area contributed by atoms with Gasteiger partial charge in [-0.15, -0.1) is 0 Å². The Morgan fingerprint density at radius 2 is 1.24 bits per heavy atom. The van der Waals surface area contributed by atoms with Crippen molar-refractivity contribution in [3.8, 4) is 11.1 Å². The van der Waals surface area contributed by atoms with Crippen molar-refractivity contribution in [2.75, 3.05) is 0 Å². The Balaban J connectivity index is 0.000000180. The molecule has 6 aromatic rings. The second-order valence-corrected chi connectivity index (χ2v) is 13.9. The number of hydrogen-bond acceptors (Lipinski definition) is 10. The second-order valence-electron chi connectivity index (χ2n) is 13.1. The predicted molar refractivity (Wildman–Crippen MR) is 202 cm³/mol. The molecule has 1 fully saturated rings. The van der Waals surface area contributed by atoms with E-state index in [2.05, 4.69) is 25.9 Å². The lowest BCUT2D eigenvalue weighted by atomic mass is 9.79. The summed E-state index contributed by atoms with van der Waals surface area (Å²) in [4.78, 5) is 31.0. The molecule has 14 heteroatoms. The first-order valence-corrected chi connectivity index (χ1v) is 16.7. The fourth-order valence-corrected chi connectivity index (χ4v) is 5.88. The Morgan fingerprint density at radius 1 is 0.745 bits per heavy atom. The molecule has 1 aliphatic heterocycles. The number of pyridine rings is 2. The van der Waals surface area contributed by atoms with Crippen LogP contribution in [0.1, 0.15) is 72.3 Å². The zero-order valence-corrected chi connectivity index (χ0v) is 30.8. The highest BCUT2D eigenvalue weighted by Gasteiger charge is 2.51. The monoisotopic (exact) mass is 762 g/mol. The van der Waals surface area contributed by atoms with Gasteiger partial charge < -0.3 is 28.4 Å². The van der Waals surface area contributed by atoms with Crippen molar-refractivity contribution in [1.82, 2.24) is 19.1 Å². The van der Waals surface area contributed by atoms with Gasteiger partial charge in [0, 0.05) is 48.9 Å². The molecular weight excluding hydrogens is 719 g/mol. The number of aliphatic hydroxyl groups is 2. The molecular formula is C37H44BBrN4O8. The lowest BCUT2D eigenvalue weighted by molar-refractivity contribution is 0.00578. The minimum atomic E-state index is -0.586. The number of aromatic nitrogens is 4. The maximum absolute atomic E-state index is 11.5. The van der Waals surface area contributed by atoms with Crippen LogP contribution in [0.15, 0.2) is 96.2 Å². The smallest absolute Gasteiger partial charge is 0.408 e. The van der Waals surface area contributed by atoms with Crippen molar-refractivity contribution >= 4 is 50.7 Å². The van der Waals surface area contributed by atoms with Gasteiger partial charge in [-0.1, -0.05) is 19.6 Å². The molecule has 2 unspecified atom stereocenters. The molecule has 0 radical (unpaired) electrons. The van der Waals surface area contributed by atoms with Crippen LogP contribution in [0.5, 0.6) is 0 Å². The second kappa shape index (κ2) is 15.5. The van der Waals surface area contributed by atoms with Gasteiger partial charge in [0.2, 0.25) is 0 Å². The quantitative estimate of drug-likeness (QED) is 0.198. The van der Waals surface area contributed by atoms with E-state index in [0.717, 1.165) is 37.7 Å². The number of aliphatic hydroxyl groups excluding tert-OH is 2. The molecule has 12 nitrogen and oxygen atoms in total. The molecule has 51 heavy (non-hydrogen) atoms. The van der Waals surface area contributed by atoms with Gasteiger partial charge in [0.25, 0.3) is 0 Å². The highest BCUT2D eigenvalue weighted by atomic mass is 79.9. The van der Waals surface area contributed by atoms with Gasteiger partial charge in [-0.25, -0.2) is 9.59 Å². The summed E-state index contributed by atoms with van der Waals surface area (Å²) in [5.74, 6) is -0.759. The molecule has 0 spiro atoms. The van der Waals surface area contributed by atoms with E-state index in [9.17, 15) is 14.7 Å². The number of nitrogens with zero attached hydrogens (tertiary/aromatic N) is 4. The summed E-state index contributed by atoms with van der Waals surface area (Å²) in [6.07, 6.45) is 5.67. The first-order valence-electron chi connectivity index (χ1n) is 15.9. The summed E-state index contributed by atoms with van der Waals surface area (Å²) in [6, 6.07) is 14.6. The highest BCUT2D eigenvalue weighted by molar-refractivity contribution is 9.10. The van der Waals surface area contributed by atoms with Crippen molar-refractivity contribution in [3.05, 3.63) is 110 Å². The molecule has 7 rings (SSSR count). The molecule has 5 heterocycles. The Bertz CT molecular complexity index is 2240. The van der Waals surface area contributed by atoms with E-state index in [1.165, 1.54) is 9.13 Å². The summed E-state index contributed by atoms with van der Waals surface area (Å²) in [7, 11) is 2.91. The predicted octanol–water partition coefficient (Wildman–Crippen LogP) is 6.21. The molecule has 1 saturated heterocycles. The van der Waals surface area contributed by atoms with Crippen molar-refractivity contribution in [1.29, 1.82) is 0 Å². The third-order valence-electron chi connectivity index (χ3n) is 9.00. The van der Waals surface area contributed by atoms with Crippen LogP contribution in [0.4, 0.5) is 0 Å². The number of rotatable bonds is 4. The lowest BCUT2D eigenvalue weighted by Crippen LogP contribution is -2.41. The van der Waals surface area contributed by atoms with E-state index in [0.29, 0.717) is 16.7 Å². The highest BCUT2D eigenvalue weighted by Crippen LogP contribution is 2.36.